The normalized spacial score (nSPS) is 10.3. The van der Waals surface area contributed by atoms with Gasteiger partial charge in [0.1, 0.15) is 11.3 Å². The van der Waals surface area contributed by atoms with Crippen LogP contribution in [0.1, 0.15) is 5.56 Å². The van der Waals surface area contributed by atoms with E-state index in [1.54, 1.807) is 17.6 Å². The van der Waals surface area contributed by atoms with Gasteiger partial charge >= 0.3 is 0 Å². The van der Waals surface area contributed by atoms with Gasteiger partial charge in [0.2, 0.25) is 0 Å². The maximum atomic E-state index is 5.98. The molecule has 0 fully saturated rings. The van der Waals surface area contributed by atoms with Gasteiger partial charge in [-0.1, -0.05) is 34.1 Å². The summed E-state index contributed by atoms with van der Waals surface area (Å²) in [5, 5.41) is 8.52. The highest BCUT2D eigenvalue weighted by molar-refractivity contribution is 7.11. The van der Waals surface area contributed by atoms with Crippen molar-refractivity contribution in [3.05, 3.63) is 34.3 Å². The summed E-state index contributed by atoms with van der Waals surface area (Å²) in [4.78, 5) is 0. The second-order valence-electron chi connectivity index (χ2n) is 2.76. The zero-order chi connectivity index (χ0) is 10.7. The Bertz CT molecular complexity index is 447. The quantitative estimate of drug-likeness (QED) is 0.897. The number of benzene rings is 1. The van der Waals surface area contributed by atoms with Crippen LogP contribution in [-0.2, 0) is 6.54 Å². The molecule has 0 amide bonds. The first-order valence-corrected chi connectivity index (χ1v) is 5.48. The number of nitrogens with zero attached hydrogens (tertiary/aromatic N) is 2. The molecule has 78 valence electrons. The van der Waals surface area contributed by atoms with E-state index in [9.17, 15) is 0 Å². The first-order chi connectivity index (χ1) is 7.29. The second kappa shape index (κ2) is 4.57. The van der Waals surface area contributed by atoms with Crippen molar-refractivity contribution in [2.24, 2.45) is 5.73 Å². The summed E-state index contributed by atoms with van der Waals surface area (Å²) in [6.07, 6.45) is 0. The van der Waals surface area contributed by atoms with Crippen molar-refractivity contribution in [2.75, 3.05) is 0 Å². The topological polar surface area (TPSA) is 61.0 Å². The lowest BCUT2D eigenvalue weighted by Gasteiger charge is -2.04. The van der Waals surface area contributed by atoms with E-state index in [2.05, 4.69) is 10.2 Å². The van der Waals surface area contributed by atoms with Gasteiger partial charge in [0, 0.05) is 11.6 Å². The summed E-state index contributed by atoms with van der Waals surface area (Å²) in [5.74, 6) is 0.633. The first-order valence-electron chi connectivity index (χ1n) is 4.22. The monoisotopic (exact) mass is 241 g/mol. The Morgan fingerprint density at radius 2 is 2.33 bits per heavy atom. The van der Waals surface area contributed by atoms with Crippen molar-refractivity contribution in [3.8, 4) is 10.9 Å². The molecule has 0 saturated heterocycles. The van der Waals surface area contributed by atoms with Crippen molar-refractivity contribution >= 4 is 22.9 Å². The average Bonchev–Trinajstić information content (AvgIpc) is 2.71. The smallest absolute Gasteiger partial charge is 0.299 e. The van der Waals surface area contributed by atoms with Crippen LogP contribution in [0.3, 0.4) is 0 Å². The number of nitrogens with two attached hydrogens (primary N) is 1. The molecule has 0 unspecified atom stereocenters. The molecule has 1 aromatic carbocycles. The van der Waals surface area contributed by atoms with E-state index in [-0.39, 0.29) is 0 Å². The zero-order valence-corrected chi connectivity index (χ0v) is 9.26. The first kappa shape index (κ1) is 10.4. The minimum Gasteiger partial charge on any atom is -0.430 e. The van der Waals surface area contributed by atoms with Crippen LogP contribution in [0.2, 0.25) is 5.02 Å². The summed E-state index contributed by atoms with van der Waals surface area (Å²) in [7, 11) is 0. The summed E-state index contributed by atoms with van der Waals surface area (Å²) >= 11 is 7.30. The van der Waals surface area contributed by atoms with Gasteiger partial charge in [-0.3, -0.25) is 0 Å². The molecule has 0 bridgehead atoms. The molecule has 15 heavy (non-hydrogen) atoms. The average molecular weight is 242 g/mol. The van der Waals surface area contributed by atoms with E-state index in [1.807, 2.05) is 6.07 Å². The van der Waals surface area contributed by atoms with Gasteiger partial charge in [0.05, 0.1) is 0 Å². The Morgan fingerprint density at radius 1 is 1.47 bits per heavy atom. The summed E-state index contributed by atoms with van der Waals surface area (Å²) in [6.45, 7) is 0.415. The van der Waals surface area contributed by atoms with E-state index >= 15 is 0 Å². The van der Waals surface area contributed by atoms with Gasteiger partial charge in [-0.2, -0.15) is 0 Å². The van der Waals surface area contributed by atoms with Gasteiger partial charge in [-0.25, -0.2) is 0 Å². The molecular weight excluding hydrogens is 234 g/mol. The third-order valence-electron chi connectivity index (χ3n) is 1.79. The highest BCUT2D eigenvalue weighted by atomic mass is 35.5. The molecule has 6 heteroatoms. The zero-order valence-electron chi connectivity index (χ0n) is 7.68. The maximum absolute atomic E-state index is 5.98. The molecule has 2 rings (SSSR count). The molecule has 0 atom stereocenters. The van der Waals surface area contributed by atoms with Gasteiger partial charge in [0.15, 0.2) is 0 Å². The fourth-order valence-electron chi connectivity index (χ4n) is 1.07. The third-order valence-corrected chi connectivity index (χ3v) is 2.71. The van der Waals surface area contributed by atoms with E-state index < -0.39 is 0 Å². The highest BCUT2D eigenvalue weighted by Crippen LogP contribution is 2.27. The standard InChI is InChI=1S/C9H8ClN3OS/c10-8-3-7(2-1-6(8)4-11)14-9-13-12-5-15-9/h1-3,5H,4,11H2. The molecule has 0 aliphatic heterocycles. The van der Waals surface area contributed by atoms with Gasteiger partial charge < -0.3 is 10.5 Å². The number of halogens is 1. The van der Waals surface area contributed by atoms with Crippen molar-refractivity contribution < 1.29 is 4.74 Å². The van der Waals surface area contributed by atoms with Crippen molar-refractivity contribution in [1.29, 1.82) is 0 Å². The van der Waals surface area contributed by atoms with Crippen LogP contribution >= 0.6 is 22.9 Å². The Labute approximate surface area is 95.7 Å². The van der Waals surface area contributed by atoms with Gasteiger partial charge in [-0.15, -0.1) is 5.10 Å². The number of hydrogen-bond donors (Lipinski definition) is 1. The Morgan fingerprint density at radius 3 is 2.93 bits per heavy atom. The highest BCUT2D eigenvalue weighted by Gasteiger charge is 2.03. The number of aromatic nitrogens is 2. The number of hydrogen-bond acceptors (Lipinski definition) is 5. The third kappa shape index (κ3) is 2.44. The fraction of sp³-hybridized carbons (Fsp3) is 0.111. The Balaban J connectivity index is 2.20. The minimum atomic E-state index is 0.415. The molecule has 4 nitrogen and oxygen atoms in total. The van der Waals surface area contributed by atoms with Crippen LogP contribution in [0.4, 0.5) is 0 Å². The largest absolute Gasteiger partial charge is 0.430 e. The van der Waals surface area contributed by atoms with Crippen molar-refractivity contribution in [2.45, 2.75) is 6.54 Å². The molecule has 1 heterocycles. The lowest BCUT2D eigenvalue weighted by Crippen LogP contribution is -1.97. The van der Waals surface area contributed by atoms with E-state index in [1.165, 1.54) is 11.3 Å². The van der Waals surface area contributed by atoms with Crippen LogP contribution < -0.4 is 10.5 Å². The summed E-state index contributed by atoms with van der Waals surface area (Å²) < 4.78 is 5.42. The SMILES string of the molecule is NCc1ccc(Oc2nncs2)cc1Cl. The lowest BCUT2D eigenvalue weighted by molar-refractivity contribution is 0.473. The van der Waals surface area contributed by atoms with E-state index in [4.69, 9.17) is 22.1 Å². The molecular formula is C9H8ClN3OS. The molecule has 2 aromatic rings. The van der Waals surface area contributed by atoms with Crippen molar-refractivity contribution in [1.82, 2.24) is 10.2 Å². The van der Waals surface area contributed by atoms with Crippen LogP contribution in [0.15, 0.2) is 23.7 Å². The molecule has 0 spiro atoms. The number of rotatable bonds is 3. The second-order valence-corrected chi connectivity index (χ2v) is 3.97. The molecule has 1 aromatic heterocycles. The Kier molecular flexibility index (Phi) is 3.15. The van der Waals surface area contributed by atoms with Crippen LogP contribution in [0.25, 0.3) is 0 Å². The minimum absolute atomic E-state index is 0.415. The fourth-order valence-corrected chi connectivity index (χ4v) is 1.74. The van der Waals surface area contributed by atoms with Crippen LogP contribution in [-0.4, -0.2) is 10.2 Å². The molecule has 0 aliphatic rings. The summed E-state index contributed by atoms with van der Waals surface area (Å²) in [5.41, 5.74) is 7.98. The lowest BCUT2D eigenvalue weighted by atomic mass is 10.2. The van der Waals surface area contributed by atoms with Crippen LogP contribution in [0, 0.1) is 0 Å². The van der Waals surface area contributed by atoms with Crippen molar-refractivity contribution in [3.63, 3.8) is 0 Å². The van der Waals surface area contributed by atoms with E-state index in [0.717, 1.165) is 5.56 Å². The molecule has 0 aliphatic carbocycles. The maximum Gasteiger partial charge on any atom is 0.299 e. The number of ether oxygens (including phenoxy) is 1. The molecule has 0 radical (unpaired) electrons. The summed E-state index contributed by atoms with van der Waals surface area (Å²) in [6, 6.07) is 5.35. The molecule has 2 N–H and O–H groups in total. The van der Waals surface area contributed by atoms with Gasteiger partial charge in [0.25, 0.3) is 5.19 Å². The Hall–Kier alpha value is -1.17. The van der Waals surface area contributed by atoms with Crippen LogP contribution in [0.5, 0.6) is 10.9 Å². The van der Waals surface area contributed by atoms with Gasteiger partial charge in [-0.05, 0) is 17.7 Å². The van der Waals surface area contributed by atoms with E-state index in [0.29, 0.717) is 22.5 Å². The predicted molar refractivity (Wildman–Crippen MR) is 59.3 cm³/mol. The predicted octanol–water partition coefficient (Wildman–Crippen LogP) is 2.44. The molecule has 0 saturated carbocycles.